The van der Waals surface area contributed by atoms with Gasteiger partial charge in [-0.2, -0.15) is 0 Å². The van der Waals surface area contributed by atoms with Gasteiger partial charge in [-0.3, -0.25) is 9.78 Å². The SMILES string of the molecule is CC(=O)N(C)C1CCN(C(=O)NCCc2cccnc2)CC1. The first-order valence-electron chi connectivity index (χ1n) is 7.73. The van der Waals surface area contributed by atoms with Crippen molar-refractivity contribution < 1.29 is 9.59 Å². The van der Waals surface area contributed by atoms with Gasteiger partial charge in [-0.15, -0.1) is 0 Å². The fourth-order valence-corrected chi connectivity index (χ4v) is 2.68. The molecule has 22 heavy (non-hydrogen) atoms. The summed E-state index contributed by atoms with van der Waals surface area (Å²) in [5.74, 6) is 0.0828. The number of likely N-dealkylation sites (tertiary alicyclic amines) is 1. The third-order valence-electron chi connectivity index (χ3n) is 4.21. The third-order valence-corrected chi connectivity index (χ3v) is 4.21. The lowest BCUT2D eigenvalue weighted by atomic mass is 10.0. The number of nitrogens with one attached hydrogen (secondary N) is 1. The van der Waals surface area contributed by atoms with Crippen molar-refractivity contribution in [2.75, 3.05) is 26.7 Å². The van der Waals surface area contributed by atoms with Crippen molar-refractivity contribution in [3.05, 3.63) is 30.1 Å². The summed E-state index contributed by atoms with van der Waals surface area (Å²) >= 11 is 0. The van der Waals surface area contributed by atoms with Crippen LogP contribution in [0, 0.1) is 0 Å². The number of aromatic nitrogens is 1. The predicted molar refractivity (Wildman–Crippen MR) is 84.4 cm³/mol. The van der Waals surface area contributed by atoms with E-state index in [0.717, 1.165) is 24.8 Å². The highest BCUT2D eigenvalue weighted by molar-refractivity contribution is 5.75. The zero-order chi connectivity index (χ0) is 15.9. The van der Waals surface area contributed by atoms with Crippen LogP contribution in [-0.4, -0.2) is 59.4 Å². The largest absolute Gasteiger partial charge is 0.343 e. The molecule has 0 aliphatic carbocycles. The first-order chi connectivity index (χ1) is 10.6. The highest BCUT2D eigenvalue weighted by atomic mass is 16.2. The average Bonchev–Trinajstić information content (AvgIpc) is 2.55. The number of rotatable bonds is 4. The van der Waals surface area contributed by atoms with Crippen LogP contribution in [0.5, 0.6) is 0 Å². The lowest BCUT2D eigenvalue weighted by Crippen LogP contribution is -2.49. The maximum Gasteiger partial charge on any atom is 0.317 e. The summed E-state index contributed by atoms with van der Waals surface area (Å²) in [6.07, 6.45) is 6.01. The molecule has 0 bridgehead atoms. The zero-order valence-corrected chi connectivity index (χ0v) is 13.3. The molecule has 1 saturated heterocycles. The molecule has 6 heteroatoms. The Kier molecular flexibility index (Phi) is 5.75. The summed E-state index contributed by atoms with van der Waals surface area (Å²) < 4.78 is 0. The average molecular weight is 304 g/mol. The number of hydrogen-bond donors (Lipinski definition) is 1. The second kappa shape index (κ2) is 7.77. The van der Waals surface area contributed by atoms with Crippen molar-refractivity contribution in [2.24, 2.45) is 0 Å². The molecule has 1 N–H and O–H groups in total. The molecule has 1 aromatic heterocycles. The Morgan fingerprint density at radius 2 is 2.14 bits per heavy atom. The standard InChI is InChI=1S/C16H24N4O2/c1-13(21)19(2)15-6-10-20(11-7-15)16(22)18-9-5-14-4-3-8-17-12-14/h3-4,8,12,15H,5-7,9-11H2,1-2H3,(H,18,22). The summed E-state index contributed by atoms with van der Waals surface area (Å²) in [4.78, 5) is 31.1. The summed E-state index contributed by atoms with van der Waals surface area (Å²) in [6.45, 7) is 3.58. The van der Waals surface area contributed by atoms with Gasteiger partial charge in [-0.25, -0.2) is 4.79 Å². The monoisotopic (exact) mass is 304 g/mol. The number of carbonyl (C=O) groups excluding carboxylic acids is 2. The van der Waals surface area contributed by atoms with Crippen molar-refractivity contribution in [3.8, 4) is 0 Å². The van der Waals surface area contributed by atoms with Gasteiger partial charge in [0.25, 0.3) is 0 Å². The molecule has 3 amide bonds. The molecule has 0 radical (unpaired) electrons. The fourth-order valence-electron chi connectivity index (χ4n) is 2.68. The van der Waals surface area contributed by atoms with Gasteiger partial charge in [0, 0.05) is 52.0 Å². The summed E-state index contributed by atoms with van der Waals surface area (Å²) in [5.41, 5.74) is 1.12. The molecule has 0 unspecified atom stereocenters. The van der Waals surface area contributed by atoms with Crippen molar-refractivity contribution >= 4 is 11.9 Å². The minimum Gasteiger partial charge on any atom is -0.343 e. The maximum absolute atomic E-state index is 12.1. The van der Waals surface area contributed by atoms with Crippen LogP contribution >= 0.6 is 0 Å². The van der Waals surface area contributed by atoms with Crippen LogP contribution in [0.25, 0.3) is 0 Å². The molecular formula is C16H24N4O2. The van der Waals surface area contributed by atoms with Crippen molar-refractivity contribution in [1.29, 1.82) is 0 Å². The van der Waals surface area contributed by atoms with Gasteiger partial charge in [-0.05, 0) is 30.9 Å². The molecule has 0 atom stereocenters. The minimum atomic E-state index is -0.0205. The minimum absolute atomic E-state index is 0.0205. The maximum atomic E-state index is 12.1. The highest BCUT2D eigenvalue weighted by Gasteiger charge is 2.25. The Bertz CT molecular complexity index is 498. The molecule has 1 fully saturated rings. The van der Waals surface area contributed by atoms with Crippen molar-refractivity contribution in [3.63, 3.8) is 0 Å². The van der Waals surface area contributed by atoms with E-state index >= 15 is 0 Å². The smallest absolute Gasteiger partial charge is 0.317 e. The number of pyridine rings is 1. The van der Waals surface area contributed by atoms with Crippen molar-refractivity contribution in [2.45, 2.75) is 32.2 Å². The lowest BCUT2D eigenvalue weighted by Gasteiger charge is -2.36. The zero-order valence-electron chi connectivity index (χ0n) is 13.3. The van der Waals surface area contributed by atoms with E-state index in [1.807, 2.05) is 30.3 Å². The van der Waals surface area contributed by atoms with Gasteiger partial charge >= 0.3 is 6.03 Å². The second-order valence-corrected chi connectivity index (χ2v) is 5.69. The fraction of sp³-hybridized carbons (Fsp3) is 0.562. The first-order valence-corrected chi connectivity index (χ1v) is 7.73. The van der Waals surface area contributed by atoms with Crippen LogP contribution in [0.15, 0.2) is 24.5 Å². The van der Waals surface area contributed by atoms with Gasteiger partial charge < -0.3 is 15.1 Å². The van der Waals surface area contributed by atoms with Gasteiger partial charge in [0.1, 0.15) is 0 Å². The summed E-state index contributed by atoms with van der Waals surface area (Å²) in [6, 6.07) is 4.13. The Morgan fingerprint density at radius 1 is 1.41 bits per heavy atom. The predicted octanol–water partition coefficient (Wildman–Crippen LogP) is 1.28. The molecule has 0 aromatic carbocycles. The van der Waals surface area contributed by atoms with Crippen LogP contribution < -0.4 is 5.32 Å². The first kappa shape index (κ1) is 16.3. The third kappa shape index (κ3) is 4.44. The normalized spacial score (nSPS) is 15.5. The Morgan fingerprint density at radius 3 is 2.73 bits per heavy atom. The van der Waals surface area contributed by atoms with Gasteiger partial charge in [0.2, 0.25) is 5.91 Å². The molecular weight excluding hydrogens is 280 g/mol. The molecule has 0 spiro atoms. The molecule has 1 aromatic rings. The lowest BCUT2D eigenvalue weighted by molar-refractivity contribution is -0.130. The highest BCUT2D eigenvalue weighted by Crippen LogP contribution is 2.15. The summed E-state index contributed by atoms with van der Waals surface area (Å²) in [7, 11) is 1.83. The molecule has 0 saturated carbocycles. The van der Waals surface area contributed by atoms with Gasteiger partial charge in [0.05, 0.1) is 0 Å². The van der Waals surface area contributed by atoms with Crippen LogP contribution in [0.2, 0.25) is 0 Å². The molecule has 2 heterocycles. The van der Waals surface area contributed by atoms with E-state index < -0.39 is 0 Å². The summed E-state index contributed by atoms with van der Waals surface area (Å²) in [5, 5.41) is 2.95. The number of nitrogens with zero attached hydrogens (tertiary/aromatic N) is 3. The quantitative estimate of drug-likeness (QED) is 0.911. The Hall–Kier alpha value is -2.11. The van der Waals surface area contributed by atoms with E-state index in [-0.39, 0.29) is 18.0 Å². The number of urea groups is 1. The van der Waals surface area contributed by atoms with E-state index in [4.69, 9.17) is 0 Å². The van der Waals surface area contributed by atoms with Crippen LogP contribution in [0.4, 0.5) is 4.79 Å². The van der Waals surface area contributed by atoms with Gasteiger partial charge in [-0.1, -0.05) is 6.07 Å². The second-order valence-electron chi connectivity index (χ2n) is 5.69. The van der Waals surface area contributed by atoms with E-state index in [2.05, 4.69) is 10.3 Å². The van der Waals surface area contributed by atoms with Crippen LogP contribution in [0.1, 0.15) is 25.3 Å². The van der Waals surface area contributed by atoms with Crippen LogP contribution in [0.3, 0.4) is 0 Å². The van der Waals surface area contributed by atoms with E-state index in [0.29, 0.717) is 19.6 Å². The number of amides is 3. The molecule has 6 nitrogen and oxygen atoms in total. The molecule has 1 aliphatic heterocycles. The van der Waals surface area contributed by atoms with E-state index in [9.17, 15) is 9.59 Å². The number of hydrogen-bond acceptors (Lipinski definition) is 3. The topological polar surface area (TPSA) is 65.5 Å². The van der Waals surface area contributed by atoms with E-state index in [1.54, 1.807) is 18.0 Å². The number of piperidine rings is 1. The molecule has 1 aliphatic rings. The Labute approximate surface area is 131 Å². The molecule has 120 valence electrons. The molecule has 2 rings (SSSR count). The Balaban J connectivity index is 1.70. The van der Waals surface area contributed by atoms with E-state index in [1.165, 1.54) is 0 Å². The van der Waals surface area contributed by atoms with Crippen molar-refractivity contribution in [1.82, 2.24) is 20.1 Å². The van der Waals surface area contributed by atoms with Crippen LogP contribution in [-0.2, 0) is 11.2 Å². The number of carbonyl (C=O) groups is 2. The van der Waals surface area contributed by atoms with Gasteiger partial charge in [0.15, 0.2) is 0 Å².